The highest BCUT2D eigenvalue weighted by atomic mass is 16.5. The molecule has 3 rings (SSSR count). The molecule has 1 aromatic carbocycles. The van der Waals surface area contributed by atoms with Gasteiger partial charge in [-0.25, -0.2) is 4.98 Å². The van der Waals surface area contributed by atoms with E-state index in [-0.39, 0.29) is 12.6 Å². The Kier molecular flexibility index (Phi) is 6.42. The third kappa shape index (κ3) is 5.28. The lowest BCUT2D eigenvalue weighted by atomic mass is 9.98. The van der Waals surface area contributed by atoms with Gasteiger partial charge in [-0.15, -0.1) is 0 Å². The Labute approximate surface area is 150 Å². The molecule has 1 saturated carbocycles. The van der Waals surface area contributed by atoms with Crippen LogP contribution in [0, 0.1) is 0 Å². The second kappa shape index (κ2) is 8.97. The first-order valence-electron chi connectivity index (χ1n) is 9.29. The van der Waals surface area contributed by atoms with E-state index in [2.05, 4.69) is 23.3 Å². The lowest BCUT2D eigenvalue weighted by Gasteiger charge is -2.22. The van der Waals surface area contributed by atoms with Gasteiger partial charge in [0.25, 0.3) is 0 Å². The van der Waals surface area contributed by atoms with E-state index in [4.69, 9.17) is 4.74 Å². The largest absolute Gasteiger partial charge is 0.474 e. The number of hydrogen-bond acceptors (Lipinski definition) is 4. The van der Waals surface area contributed by atoms with Crippen LogP contribution in [0.25, 0.3) is 0 Å². The molecule has 134 valence electrons. The number of aromatic nitrogens is 1. The molecular weight excluding hydrogens is 312 g/mol. The third-order valence-electron chi connectivity index (χ3n) is 4.88. The highest BCUT2D eigenvalue weighted by Gasteiger charge is 2.15. The van der Waals surface area contributed by atoms with Gasteiger partial charge in [0.2, 0.25) is 5.88 Å². The number of aliphatic hydroxyl groups is 1. The summed E-state index contributed by atoms with van der Waals surface area (Å²) in [5.74, 6) is 0.737. The minimum absolute atomic E-state index is 0.0762. The Bertz CT molecular complexity index is 668. The molecule has 4 nitrogen and oxygen atoms in total. The van der Waals surface area contributed by atoms with Crippen molar-refractivity contribution in [2.45, 2.75) is 64.3 Å². The van der Waals surface area contributed by atoms with Crippen LogP contribution in [-0.4, -0.2) is 16.2 Å². The van der Waals surface area contributed by atoms with E-state index in [0.717, 1.165) is 30.8 Å². The molecule has 2 N–H and O–H groups in total. The van der Waals surface area contributed by atoms with E-state index in [1.54, 1.807) is 0 Å². The zero-order valence-corrected chi connectivity index (χ0v) is 14.9. The number of benzene rings is 1. The lowest BCUT2D eigenvalue weighted by Crippen LogP contribution is -2.21. The number of hydrogen-bond donors (Lipinski definition) is 2. The molecule has 1 aromatic heterocycles. The molecule has 0 amide bonds. The fourth-order valence-electron chi connectivity index (χ4n) is 3.33. The van der Waals surface area contributed by atoms with Crippen LogP contribution in [0.1, 0.15) is 61.8 Å². The molecule has 1 unspecified atom stereocenters. The smallest absolute Gasteiger partial charge is 0.213 e. The predicted molar refractivity (Wildman–Crippen MR) is 99.4 cm³/mol. The molecule has 0 spiro atoms. The summed E-state index contributed by atoms with van der Waals surface area (Å²) in [5, 5.41) is 12.8. The van der Waals surface area contributed by atoms with Gasteiger partial charge in [0, 0.05) is 24.8 Å². The second-order valence-corrected chi connectivity index (χ2v) is 6.89. The van der Waals surface area contributed by atoms with Gasteiger partial charge in [-0.3, -0.25) is 0 Å². The minimum Gasteiger partial charge on any atom is -0.474 e. The Balaban J connectivity index is 1.56. The maximum atomic E-state index is 9.28. The van der Waals surface area contributed by atoms with Gasteiger partial charge >= 0.3 is 0 Å². The fourth-order valence-corrected chi connectivity index (χ4v) is 3.33. The van der Waals surface area contributed by atoms with Crippen LogP contribution in [0.2, 0.25) is 0 Å². The summed E-state index contributed by atoms with van der Waals surface area (Å²) in [7, 11) is 0. The molecule has 1 heterocycles. The molecule has 4 heteroatoms. The maximum Gasteiger partial charge on any atom is 0.213 e. The zero-order valence-electron chi connectivity index (χ0n) is 14.9. The molecule has 2 aromatic rings. The van der Waals surface area contributed by atoms with Crippen molar-refractivity contribution in [1.29, 1.82) is 0 Å². The van der Waals surface area contributed by atoms with Crippen LogP contribution in [0.4, 0.5) is 0 Å². The highest BCUT2D eigenvalue weighted by Crippen LogP contribution is 2.23. The van der Waals surface area contributed by atoms with E-state index >= 15 is 0 Å². The van der Waals surface area contributed by atoms with Crippen LogP contribution in [0.5, 0.6) is 5.88 Å². The number of nitrogens with one attached hydrogen (secondary N) is 1. The Hall–Kier alpha value is -1.91. The maximum absolute atomic E-state index is 9.28. The number of aliphatic hydroxyl groups excluding tert-OH is 1. The third-order valence-corrected chi connectivity index (χ3v) is 4.88. The van der Waals surface area contributed by atoms with Gasteiger partial charge in [0.1, 0.15) is 6.10 Å². The summed E-state index contributed by atoms with van der Waals surface area (Å²) >= 11 is 0. The Morgan fingerprint density at radius 3 is 2.80 bits per heavy atom. The molecule has 0 aliphatic heterocycles. The van der Waals surface area contributed by atoms with Crippen LogP contribution in [0.3, 0.4) is 0 Å². The lowest BCUT2D eigenvalue weighted by molar-refractivity contribution is 0.148. The van der Waals surface area contributed by atoms with Crippen molar-refractivity contribution in [2.24, 2.45) is 0 Å². The quantitative estimate of drug-likeness (QED) is 0.795. The monoisotopic (exact) mass is 340 g/mol. The SMILES string of the molecule is CC(NCc1ccnc(OC2CCCCC2)c1)c1cccc(CO)c1. The topological polar surface area (TPSA) is 54.4 Å². The molecule has 1 fully saturated rings. The molecule has 25 heavy (non-hydrogen) atoms. The summed E-state index contributed by atoms with van der Waals surface area (Å²) in [6.07, 6.45) is 8.28. The number of nitrogens with zero attached hydrogens (tertiary/aromatic N) is 1. The van der Waals surface area contributed by atoms with Crippen molar-refractivity contribution < 1.29 is 9.84 Å². The van der Waals surface area contributed by atoms with Gasteiger partial charge in [-0.2, -0.15) is 0 Å². The van der Waals surface area contributed by atoms with E-state index in [1.807, 2.05) is 36.5 Å². The van der Waals surface area contributed by atoms with Crippen LogP contribution < -0.4 is 10.1 Å². The summed E-state index contributed by atoms with van der Waals surface area (Å²) in [5.41, 5.74) is 3.29. The fraction of sp³-hybridized carbons (Fsp3) is 0.476. The van der Waals surface area contributed by atoms with Crippen molar-refractivity contribution in [3.63, 3.8) is 0 Å². The predicted octanol–water partition coefficient (Wildman–Crippen LogP) is 4.14. The molecule has 1 aliphatic carbocycles. The average Bonchev–Trinajstić information content (AvgIpc) is 2.67. The van der Waals surface area contributed by atoms with Crippen molar-refractivity contribution in [2.75, 3.05) is 0 Å². The van der Waals surface area contributed by atoms with Gasteiger partial charge in [-0.1, -0.05) is 30.7 Å². The van der Waals surface area contributed by atoms with Crippen LogP contribution >= 0.6 is 0 Å². The highest BCUT2D eigenvalue weighted by molar-refractivity contribution is 5.26. The van der Waals surface area contributed by atoms with E-state index < -0.39 is 0 Å². The molecule has 0 bridgehead atoms. The number of ether oxygens (including phenoxy) is 1. The van der Waals surface area contributed by atoms with Crippen molar-refractivity contribution in [1.82, 2.24) is 10.3 Å². The van der Waals surface area contributed by atoms with Gasteiger partial charge in [-0.05, 0) is 55.4 Å². The second-order valence-electron chi connectivity index (χ2n) is 6.89. The van der Waals surface area contributed by atoms with Gasteiger partial charge < -0.3 is 15.2 Å². The average molecular weight is 340 g/mol. The first kappa shape index (κ1) is 17.9. The number of rotatable bonds is 7. The molecule has 1 atom stereocenters. The van der Waals surface area contributed by atoms with E-state index in [1.165, 1.54) is 30.4 Å². The summed E-state index contributed by atoms with van der Waals surface area (Å²) < 4.78 is 6.05. The number of pyridine rings is 1. The van der Waals surface area contributed by atoms with Crippen molar-refractivity contribution in [3.8, 4) is 5.88 Å². The van der Waals surface area contributed by atoms with E-state index in [9.17, 15) is 5.11 Å². The van der Waals surface area contributed by atoms with Crippen molar-refractivity contribution in [3.05, 3.63) is 59.3 Å². The summed E-state index contributed by atoms with van der Waals surface area (Å²) in [4.78, 5) is 4.36. The summed E-state index contributed by atoms with van der Waals surface area (Å²) in [6, 6.07) is 12.3. The normalized spacial score (nSPS) is 16.6. The Morgan fingerprint density at radius 2 is 2.00 bits per heavy atom. The molecular formula is C21H28N2O2. The minimum atomic E-state index is 0.0762. The first-order chi connectivity index (χ1) is 12.2. The Morgan fingerprint density at radius 1 is 1.16 bits per heavy atom. The van der Waals surface area contributed by atoms with Gasteiger partial charge in [0.05, 0.1) is 6.61 Å². The van der Waals surface area contributed by atoms with Crippen molar-refractivity contribution >= 4 is 0 Å². The van der Waals surface area contributed by atoms with Crippen LogP contribution in [-0.2, 0) is 13.2 Å². The van der Waals surface area contributed by atoms with Crippen LogP contribution in [0.15, 0.2) is 42.6 Å². The standard InChI is InChI=1S/C21H28N2O2/c1-16(19-7-5-6-18(12-19)15-24)23-14-17-10-11-22-21(13-17)25-20-8-3-2-4-9-20/h5-7,10-13,16,20,23-24H,2-4,8-9,14-15H2,1H3. The molecule has 1 aliphatic rings. The molecule has 0 saturated heterocycles. The van der Waals surface area contributed by atoms with Gasteiger partial charge in [0.15, 0.2) is 0 Å². The first-order valence-corrected chi connectivity index (χ1v) is 9.29. The zero-order chi connectivity index (χ0) is 17.5. The summed E-state index contributed by atoms with van der Waals surface area (Å²) in [6.45, 7) is 2.97. The molecule has 0 radical (unpaired) electrons. The van der Waals surface area contributed by atoms with E-state index in [0.29, 0.717) is 6.10 Å².